The van der Waals surface area contributed by atoms with Crippen molar-refractivity contribution >= 4 is 22.8 Å². The Labute approximate surface area is 348 Å². The molecule has 1 fully saturated rings. The van der Waals surface area contributed by atoms with E-state index >= 15 is 0 Å². The smallest absolute Gasteiger partial charge is 0.317 e. The number of nitrogens with one attached hydrogen (secondary N) is 1. The number of fused-ring (bicyclic) bond motifs is 3. The van der Waals surface area contributed by atoms with Crippen LogP contribution >= 0.6 is 0 Å². The van der Waals surface area contributed by atoms with Crippen molar-refractivity contribution < 1.29 is 63.2 Å². The molecule has 9 rings (SSSR count). The van der Waals surface area contributed by atoms with Gasteiger partial charge in [0.2, 0.25) is 12.0 Å². The topological polar surface area (TPSA) is 252 Å². The summed E-state index contributed by atoms with van der Waals surface area (Å²) in [6.45, 7) is 0.606. The quantitative estimate of drug-likeness (QED) is 0.0437. The van der Waals surface area contributed by atoms with Crippen LogP contribution in [0.3, 0.4) is 0 Å². The minimum atomic E-state index is -1.90. The molecule has 10 atom stereocenters. The van der Waals surface area contributed by atoms with Crippen LogP contribution in [-0.4, -0.2) is 105 Å². The number of hydrogen-bond donors (Lipinski definition) is 7. The Morgan fingerprint density at radius 1 is 1.00 bits per heavy atom. The fraction of sp³-hybridized carbons (Fsp3) is 0.364. The number of H-pyrrole nitrogens is 1. The summed E-state index contributed by atoms with van der Waals surface area (Å²) in [6, 6.07) is 19.0. The number of carbonyl (C=O) groups is 2. The van der Waals surface area contributed by atoms with Gasteiger partial charge < -0.3 is 74.6 Å². The average Bonchev–Trinajstić information content (AvgIpc) is 3.95. The Hall–Kier alpha value is -6.26. The zero-order valence-corrected chi connectivity index (χ0v) is 32.7. The van der Waals surface area contributed by atoms with Crippen LogP contribution in [0.15, 0.2) is 79.3 Å². The summed E-state index contributed by atoms with van der Waals surface area (Å²) < 4.78 is 45.7. The van der Waals surface area contributed by atoms with Crippen LogP contribution in [0.2, 0.25) is 0 Å². The van der Waals surface area contributed by atoms with Crippen LogP contribution in [-0.2, 0) is 25.6 Å². The van der Waals surface area contributed by atoms with Gasteiger partial charge in [0, 0.05) is 54.1 Å². The molecule has 0 saturated carbocycles. The molecule has 0 aliphatic carbocycles. The first kappa shape index (κ1) is 40.2. The van der Waals surface area contributed by atoms with Crippen LogP contribution in [0.1, 0.15) is 53.0 Å². The Balaban J connectivity index is 1.15. The lowest BCUT2D eigenvalue weighted by atomic mass is 9.76. The van der Waals surface area contributed by atoms with Crippen molar-refractivity contribution in [3.05, 3.63) is 102 Å². The molecule has 9 N–H and O–H groups in total. The van der Waals surface area contributed by atoms with Gasteiger partial charge in [-0.1, -0.05) is 48.2 Å². The zero-order chi connectivity index (χ0) is 42.5. The van der Waals surface area contributed by atoms with Crippen LogP contribution in [0.25, 0.3) is 10.9 Å². The van der Waals surface area contributed by atoms with Crippen molar-refractivity contribution in [1.82, 2.24) is 9.55 Å². The molecule has 2 aromatic heterocycles. The van der Waals surface area contributed by atoms with E-state index in [2.05, 4.69) is 16.8 Å². The minimum absolute atomic E-state index is 0.135. The van der Waals surface area contributed by atoms with E-state index in [1.165, 1.54) is 0 Å². The van der Waals surface area contributed by atoms with Crippen LogP contribution < -0.4 is 35.2 Å². The highest BCUT2D eigenvalue weighted by atomic mass is 16.7. The molecular formula is C44H44N4O13. The Morgan fingerprint density at radius 2 is 1.82 bits per heavy atom. The lowest BCUT2D eigenvalue weighted by molar-refractivity contribution is -0.291. The number of carbonyl (C=O) groups excluding carboxylic acids is 1. The number of aliphatic hydroxyl groups excluding tert-OH is 3. The largest absolute Gasteiger partial charge is 0.493 e. The van der Waals surface area contributed by atoms with E-state index in [9.17, 15) is 24.9 Å². The van der Waals surface area contributed by atoms with Gasteiger partial charge in [0.1, 0.15) is 54.5 Å². The highest BCUT2D eigenvalue weighted by Crippen LogP contribution is 2.61. The third-order valence-electron chi connectivity index (χ3n) is 11.5. The zero-order valence-electron chi connectivity index (χ0n) is 32.7. The van der Waals surface area contributed by atoms with Gasteiger partial charge in [0.15, 0.2) is 17.6 Å². The SMILES string of the molecule is COc1ccc2c3c1OCCC#CC(c1ccccc1)C1Oc4cc(OC5OC(C(OC(=O)CC(=O)O)C(N)N)C(O)C(O)C5O)cc(Cn5cc6cc[nH]c6c5)c4C(O3)C21. The number of aliphatic carboxylic acids is 1. The van der Waals surface area contributed by atoms with Crippen LogP contribution in [0, 0.1) is 11.8 Å². The van der Waals surface area contributed by atoms with Crippen molar-refractivity contribution in [2.45, 2.75) is 86.4 Å². The third kappa shape index (κ3) is 7.47. The van der Waals surface area contributed by atoms with E-state index in [4.69, 9.17) is 49.7 Å². The number of carboxylic acids is 1. The highest BCUT2D eigenvalue weighted by molar-refractivity contribution is 5.90. The van der Waals surface area contributed by atoms with Gasteiger partial charge in [0.05, 0.1) is 37.2 Å². The average molecular weight is 837 g/mol. The second-order valence-electron chi connectivity index (χ2n) is 15.4. The van der Waals surface area contributed by atoms with E-state index in [1.54, 1.807) is 19.2 Å². The van der Waals surface area contributed by atoms with E-state index in [0.29, 0.717) is 48.1 Å². The molecule has 61 heavy (non-hydrogen) atoms. The Kier molecular flexibility index (Phi) is 10.7. The number of carboxylic acid groups (broad SMARTS) is 1. The second-order valence-corrected chi connectivity index (χ2v) is 15.4. The maximum absolute atomic E-state index is 12.4. The summed E-state index contributed by atoms with van der Waals surface area (Å²) in [5, 5.41) is 43.3. The third-order valence-corrected chi connectivity index (χ3v) is 11.5. The van der Waals surface area contributed by atoms with E-state index in [-0.39, 0.29) is 11.7 Å². The molecular weight excluding hydrogens is 792 g/mol. The molecule has 6 heterocycles. The van der Waals surface area contributed by atoms with Gasteiger partial charge in [-0.05, 0) is 29.3 Å². The number of rotatable bonds is 11. The fourth-order valence-corrected chi connectivity index (χ4v) is 8.71. The number of ether oxygens (including phenoxy) is 7. The van der Waals surface area contributed by atoms with Gasteiger partial charge in [-0.3, -0.25) is 9.59 Å². The number of aromatic amines is 1. The molecule has 0 spiro atoms. The normalized spacial score (nSPS) is 26.6. The fourth-order valence-electron chi connectivity index (χ4n) is 8.71. The molecule has 4 aliphatic heterocycles. The molecule has 318 valence electrons. The summed E-state index contributed by atoms with van der Waals surface area (Å²) >= 11 is 0. The van der Waals surface area contributed by atoms with Gasteiger partial charge >= 0.3 is 11.9 Å². The standard InChI is InChI=1S/C44H44N4O13/c1-55-28-11-10-26-33-37-25(21-7-3-2-4-8-21)9-5-6-14-56-39(28)38(26)60-40(33)32-23(19-48-18-22-12-13-47-27(22)20-48)15-24(16-29(32)58-37)57-44-36(54)34(52)35(53)41(61-44)42(43(45)46)59-31(51)17-30(49)50/h2-4,7-8,10-13,15-16,18,20,25,33-37,40-44,47,52-54H,6,14,17,19,45-46H2,1H3,(H,49,50). The summed E-state index contributed by atoms with van der Waals surface area (Å²) in [6.07, 6.45) is -8.09. The number of methoxy groups -OCH3 is 1. The van der Waals surface area contributed by atoms with Crippen molar-refractivity contribution in [2.75, 3.05) is 13.7 Å². The summed E-state index contributed by atoms with van der Waals surface area (Å²) in [5.41, 5.74) is 16.0. The number of aliphatic hydroxyl groups is 3. The summed E-state index contributed by atoms with van der Waals surface area (Å²) in [4.78, 5) is 26.8. The number of benzene rings is 3. The van der Waals surface area contributed by atoms with Gasteiger partial charge in [0.25, 0.3) is 0 Å². The van der Waals surface area contributed by atoms with Crippen LogP contribution in [0.4, 0.5) is 0 Å². The predicted octanol–water partition coefficient (Wildman–Crippen LogP) is 2.39. The van der Waals surface area contributed by atoms with Gasteiger partial charge in [-0.15, -0.1) is 0 Å². The number of nitrogens with zero attached hydrogens (tertiary/aromatic N) is 1. The van der Waals surface area contributed by atoms with Crippen LogP contribution in [0.5, 0.6) is 28.7 Å². The Bertz CT molecular complexity index is 2480. The predicted molar refractivity (Wildman–Crippen MR) is 214 cm³/mol. The molecule has 0 radical (unpaired) electrons. The van der Waals surface area contributed by atoms with E-state index in [1.807, 2.05) is 71.7 Å². The van der Waals surface area contributed by atoms with Crippen molar-refractivity contribution in [1.29, 1.82) is 0 Å². The molecule has 3 aromatic carbocycles. The molecule has 0 amide bonds. The van der Waals surface area contributed by atoms with E-state index in [0.717, 1.165) is 27.6 Å². The molecule has 1 saturated heterocycles. The summed E-state index contributed by atoms with van der Waals surface area (Å²) in [7, 11) is 1.57. The maximum atomic E-state index is 12.4. The number of hydrogen-bond acceptors (Lipinski definition) is 14. The Morgan fingerprint density at radius 3 is 2.57 bits per heavy atom. The molecule has 17 nitrogen and oxygen atoms in total. The first-order valence-corrected chi connectivity index (χ1v) is 19.8. The van der Waals surface area contributed by atoms with Crippen molar-refractivity contribution in [3.8, 4) is 40.6 Å². The van der Waals surface area contributed by atoms with Gasteiger partial charge in [-0.2, -0.15) is 0 Å². The lowest BCUT2D eigenvalue weighted by Crippen LogP contribution is -2.66. The van der Waals surface area contributed by atoms with E-state index < -0.39 is 79.5 Å². The number of aromatic nitrogens is 2. The molecule has 10 unspecified atom stereocenters. The molecule has 4 aliphatic rings. The first-order chi connectivity index (χ1) is 29.5. The molecule has 4 bridgehead atoms. The lowest BCUT2D eigenvalue weighted by Gasteiger charge is -2.43. The van der Waals surface area contributed by atoms with Crippen molar-refractivity contribution in [2.24, 2.45) is 11.5 Å². The number of esters is 1. The van der Waals surface area contributed by atoms with Crippen molar-refractivity contribution in [3.63, 3.8) is 0 Å². The monoisotopic (exact) mass is 836 g/mol. The first-order valence-electron chi connectivity index (χ1n) is 19.8. The highest BCUT2D eigenvalue weighted by Gasteiger charge is 2.53. The number of nitrogens with two attached hydrogens (primary N) is 2. The summed E-state index contributed by atoms with van der Waals surface area (Å²) in [5.74, 6) is 5.35. The van der Waals surface area contributed by atoms with Gasteiger partial charge in [-0.25, -0.2) is 0 Å². The second kappa shape index (κ2) is 16.3. The minimum Gasteiger partial charge on any atom is -0.493 e. The molecule has 17 heteroatoms. The maximum Gasteiger partial charge on any atom is 0.317 e. The molecule has 5 aromatic rings.